The Labute approximate surface area is 188 Å². The average Bonchev–Trinajstić information content (AvgIpc) is 3.15. The molecule has 1 atom stereocenters. The zero-order chi connectivity index (χ0) is 21.8. The molecule has 0 fully saturated rings. The van der Waals surface area contributed by atoms with Crippen LogP contribution >= 0.6 is 11.8 Å². The third-order valence-corrected chi connectivity index (χ3v) is 7.48. The number of carbonyl (C=O) groups is 1. The van der Waals surface area contributed by atoms with Crippen LogP contribution in [0, 0.1) is 11.3 Å². The molecule has 0 saturated heterocycles. The quantitative estimate of drug-likeness (QED) is 0.410. The van der Waals surface area contributed by atoms with Crippen LogP contribution in [0.4, 0.5) is 0 Å². The Bertz CT molecular complexity index is 1140. The SMILES string of the molecule is CCCCc1ccc(C#N)c(SC(CC)C(=O)n2c3c(c4ccccc42)CCCC3)n1. The van der Waals surface area contributed by atoms with Crippen molar-refractivity contribution >= 4 is 28.6 Å². The van der Waals surface area contributed by atoms with Gasteiger partial charge in [0.25, 0.3) is 0 Å². The third-order valence-electron chi connectivity index (χ3n) is 6.12. The second kappa shape index (κ2) is 9.70. The van der Waals surface area contributed by atoms with E-state index in [-0.39, 0.29) is 11.2 Å². The summed E-state index contributed by atoms with van der Waals surface area (Å²) in [6, 6.07) is 14.3. The molecular weight excluding hydrogens is 402 g/mol. The summed E-state index contributed by atoms with van der Waals surface area (Å²) in [6.07, 6.45) is 8.06. The number of benzene rings is 1. The van der Waals surface area contributed by atoms with Gasteiger partial charge in [0.1, 0.15) is 11.1 Å². The van der Waals surface area contributed by atoms with Gasteiger partial charge in [0, 0.05) is 16.8 Å². The van der Waals surface area contributed by atoms with Crippen LogP contribution in [0.1, 0.15) is 73.3 Å². The van der Waals surface area contributed by atoms with Crippen molar-refractivity contribution in [2.24, 2.45) is 0 Å². The monoisotopic (exact) mass is 431 g/mol. The molecule has 4 nitrogen and oxygen atoms in total. The summed E-state index contributed by atoms with van der Waals surface area (Å²) in [4.78, 5) is 18.6. The fourth-order valence-corrected chi connectivity index (χ4v) is 5.54. The molecule has 5 heteroatoms. The summed E-state index contributed by atoms with van der Waals surface area (Å²) in [7, 11) is 0. The van der Waals surface area contributed by atoms with E-state index in [1.54, 1.807) is 0 Å². The van der Waals surface area contributed by atoms with E-state index >= 15 is 0 Å². The predicted molar refractivity (Wildman–Crippen MR) is 127 cm³/mol. The number of nitrogens with zero attached hydrogens (tertiary/aromatic N) is 3. The van der Waals surface area contributed by atoms with Gasteiger partial charge in [-0.1, -0.05) is 50.2 Å². The van der Waals surface area contributed by atoms with Gasteiger partial charge < -0.3 is 0 Å². The lowest BCUT2D eigenvalue weighted by atomic mass is 9.95. The number of aromatic nitrogens is 2. The number of pyridine rings is 1. The summed E-state index contributed by atoms with van der Waals surface area (Å²) < 4.78 is 1.97. The van der Waals surface area contributed by atoms with Crippen LogP contribution < -0.4 is 0 Å². The Balaban J connectivity index is 1.70. The summed E-state index contributed by atoms with van der Waals surface area (Å²) in [5.74, 6) is 0.108. The Kier molecular flexibility index (Phi) is 6.77. The highest BCUT2D eigenvalue weighted by Gasteiger charge is 2.28. The molecule has 2 aromatic heterocycles. The number of aryl methyl sites for hydroxylation is 2. The van der Waals surface area contributed by atoms with E-state index in [1.807, 2.05) is 29.7 Å². The minimum atomic E-state index is -0.275. The van der Waals surface area contributed by atoms with Crippen molar-refractivity contribution in [3.8, 4) is 6.07 Å². The Morgan fingerprint density at radius 2 is 2.00 bits per heavy atom. The molecule has 160 valence electrons. The lowest BCUT2D eigenvalue weighted by Crippen LogP contribution is -2.26. The van der Waals surface area contributed by atoms with E-state index < -0.39 is 0 Å². The number of para-hydroxylation sites is 1. The van der Waals surface area contributed by atoms with Gasteiger partial charge in [0.15, 0.2) is 0 Å². The van der Waals surface area contributed by atoms with Gasteiger partial charge in [-0.2, -0.15) is 5.26 Å². The van der Waals surface area contributed by atoms with Crippen molar-refractivity contribution < 1.29 is 4.79 Å². The van der Waals surface area contributed by atoms with E-state index in [1.165, 1.54) is 34.8 Å². The van der Waals surface area contributed by atoms with Gasteiger partial charge in [-0.25, -0.2) is 4.98 Å². The minimum Gasteiger partial charge on any atom is -0.283 e. The van der Waals surface area contributed by atoms with Crippen LogP contribution in [0.15, 0.2) is 41.4 Å². The number of rotatable bonds is 7. The number of carbonyl (C=O) groups excluding carboxylic acids is 1. The van der Waals surface area contributed by atoms with Crippen molar-refractivity contribution in [2.75, 3.05) is 0 Å². The normalized spacial score (nSPS) is 14.2. The molecule has 1 aliphatic carbocycles. The molecule has 3 aromatic rings. The molecule has 0 aliphatic heterocycles. The highest BCUT2D eigenvalue weighted by molar-refractivity contribution is 8.00. The maximum absolute atomic E-state index is 13.8. The lowest BCUT2D eigenvalue weighted by molar-refractivity contribution is 0.0910. The molecular formula is C26H29N3OS. The van der Waals surface area contributed by atoms with Gasteiger partial charge >= 0.3 is 0 Å². The van der Waals surface area contributed by atoms with E-state index in [9.17, 15) is 10.1 Å². The van der Waals surface area contributed by atoms with Gasteiger partial charge in [-0.05, 0) is 68.7 Å². The highest BCUT2D eigenvalue weighted by Crippen LogP contribution is 2.35. The van der Waals surface area contributed by atoms with E-state index in [2.05, 4.69) is 31.2 Å². The average molecular weight is 432 g/mol. The maximum atomic E-state index is 13.8. The smallest absolute Gasteiger partial charge is 0.244 e. The van der Waals surface area contributed by atoms with Crippen molar-refractivity contribution in [3.63, 3.8) is 0 Å². The third kappa shape index (κ3) is 4.27. The second-order valence-electron chi connectivity index (χ2n) is 8.21. The first kappa shape index (κ1) is 21.6. The number of nitriles is 1. The van der Waals surface area contributed by atoms with Crippen molar-refractivity contribution in [1.29, 1.82) is 5.26 Å². The standard InChI is InChI=1S/C26H29N3OS/c1-3-5-10-19-16-15-18(17-27)25(28-19)31-24(4-2)26(30)29-22-13-8-6-11-20(22)21-12-7-9-14-23(21)29/h6,8,11,13,15-16,24H,3-5,7,9-10,12,14H2,1-2H3. The van der Waals surface area contributed by atoms with E-state index in [0.29, 0.717) is 17.0 Å². The largest absolute Gasteiger partial charge is 0.283 e. The van der Waals surface area contributed by atoms with Gasteiger partial charge in [-0.15, -0.1) is 0 Å². The van der Waals surface area contributed by atoms with Crippen LogP contribution in [0.5, 0.6) is 0 Å². The minimum absolute atomic E-state index is 0.108. The number of hydrogen-bond acceptors (Lipinski definition) is 4. The highest BCUT2D eigenvalue weighted by atomic mass is 32.2. The predicted octanol–water partition coefficient (Wildman–Crippen LogP) is 6.34. The molecule has 0 amide bonds. The molecule has 1 aromatic carbocycles. The summed E-state index contributed by atoms with van der Waals surface area (Å²) in [6.45, 7) is 4.20. The summed E-state index contributed by atoms with van der Waals surface area (Å²) in [5, 5.41) is 11.2. The van der Waals surface area contributed by atoms with Gasteiger partial charge in [-0.3, -0.25) is 9.36 Å². The molecule has 1 aliphatic rings. The van der Waals surface area contributed by atoms with Crippen LogP contribution in [-0.4, -0.2) is 20.7 Å². The number of thioether (sulfide) groups is 1. The molecule has 31 heavy (non-hydrogen) atoms. The molecule has 0 bridgehead atoms. The fourth-order valence-electron chi connectivity index (χ4n) is 4.49. The van der Waals surface area contributed by atoms with E-state index in [0.717, 1.165) is 49.7 Å². The maximum Gasteiger partial charge on any atom is 0.244 e. The van der Waals surface area contributed by atoms with E-state index in [4.69, 9.17) is 4.98 Å². The Morgan fingerprint density at radius 1 is 1.19 bits per heavy atom. The summed E-state index contributed by atoms with van der Waals surface area (Å²) >= 11 is 1.45. The zero-order valence-corrected chi connectivity index (χ0v) is 19.2. The summed E-state index contributed by atoms with van der Waals surface area (Å²) in [5.41, 5.74) is 5.09. The first-order valence-corrected chi connectivity index (χ1v) is 12.3. The van der Waals surface area contributed by atoms with Crippen LogP contribution in [0.3, 0.4) is 0 Å². The molecule has 1 unspecified atom stereocenters. The van der Waals surface area contributed by atoms with Crippen LogP contribution in [0.2, 0.25) is 0 Å². The molecule has 0 saturated carbocycles. The van der Waals surface area contributed by atoms with Crippen LogP contribution in [-0.2, 0) is 19.3 Å². The molecule has 0 spiro atoms. The molecule has 0 radical (unpaired) electrons. The van der Waals surface area contributed by atoms with Gasteiger partial charge in [0.2, 0.25) is 5.91 Å². The van der Waals surface area contributed by atoms with Crippen LogP contribution in [0.25, 0.3) is 10.9 Å². The fraction of sp³-hybridized carbons (Fsp3) is 0.423. The lowest BCUT2D eigenvalue weighted by Gasteiger charge is -2.19. The number of hydrogen-bond donors (Lipinski definition) is 0. The Hall–Kier alpha value is -2.58. The number of fused-ring (bicyclic) bond motifs is 3. The van der Waals surface area contributed by atoms with Crippen molar-refractivity contribution in [2.45, 2.75) is 75.5 Å². The first-order valence-electron chi connectivity index (χ1n) is 11.4. The second-order valence-corrected chi connectivity index (χ2v) is 9.40. The number of unbranched alkanes of at least 4 members (excludes halogenated alkanes) is 1. The first-order chi connectivity index (χ1) is 15.2. The molecule has 4 rings (SSSR count). The van der Waals surface area contributed by atoms with Crippen molar-refractivity contribution in [3.05, 3.63) is 58.9 Å². The molecule has 2 heterocycles. The topological polar surface area (TPSA) is 58.7 Å². The van der Waals surface area contributed by atoms with Crippen molar-refractivity contribution in [1.82, 2.24) is 9.55 Å². The Morgan fingerprint density at radius 3 is 2.77 bits per heavy atom. The molecule has 0 N–H and O–H groups in total. The van der Waals surface area contributed by atoms with Gasteiger partial charge in [0.05, 0.1) is 16.3 Å². The zero-order valence-electron chi connectivity index (χ0n) is 18.4.